The number of hydrazone groups is 1. The quantitative estimate of drug-likeness (QED) is 0.0202. The van der Waals surface area contributed by atoms with Gasteiger partial charge in [0.05, 0.1) is 20.9 Å². The van der Waals surface area contributed by atoms with Gasteiger partial charge in [0.1, 0.15) is 47.2 Å². The van der Waals surface area contributed by atoms with E-state index in [1.807, 2.05) is 0 Å². The van der Waals surface area contributed by atoms with Crippen LogP contribution < -0.4 is 104 Å². The van der Waals surface area contributed by atoms with Gasteiger partial charge in [-0.2, -0.15) is 5.10 Å². The number of nitrogens with one attached hydrogen (secondary N) is 1. The van der Waals surface area contributed by atoms with Gasteiger partial charge in [-0.25, -0.2) is 30.7 Å². The molecule has 5 aromatic rings. The Labute approximate surface area is 356 Å². The molecule has 0 heterocycles. The number of rotatable bonds is 10. The monoisotopic (exact) mass is 790 g/mol. The normalized spacial score (nSPS) is 12.6. The Hall–Kier alpha value is -1.43. The predicted octanol–water partition coefficient (Wildman–Crippen LogP) is -6.63. The van der Waals surface area contributed by atoms with E-state index in [2.05, 4.69) is 10.5 Å². The molecule has 22 heteroatoms. The van der Waals surface area contributed by atoms with E-state index >= 15 is 0 Å². The molecule has 1 atom stereocenters. The second-order valence-corrected chi connectivity index (χ2v) is 14.6. The summed E-state index contributed by atoms with van der Waals surface area (Å²) in [6, 6.07) is 11.7. The van der Waals surface area contributed by atoms with Gasteiger partial charge >= 0.3 is 94.6 Å². The van der Waals surface area contributed by atoms with Crippen LogP contribution >= 0.6 is 11.6 Å². The minimum absolute atomic E-state index is 0. The van der Waals surface area contributed by atoms with Crippen LogP contribution in [0.3, 0.4) is 0 Å². The summed E-state index contributed by atoms with van der Waals surface area (Å²) in [5.41, 5.74) is 2.58. The van der Waals surface area contributed by atoms with E-state index in [0.29, 0.717) is 11.6 Å². The van der Waals surface area contributed by atoms with E-state index in [0.717, 1.165) is 24.3 Å². The van der Waals surface area contributed by atoms with E-state index in [4.69, 9.17) is 21.1 Å². The predicted molar refractivity (Wildman–Crippen MR) is 163 cm³/mol. The summed E-state index contributed by atoms with van der Waals surface area (Å²) in [6.45, 7) is 0.635. The second-order valence-electron chi connectivity index (χ2n) is 9.87. The molecule has 0 aliphatic rings. The van der Waals surface area contributed by atoms with Crippen molar-refractivity contribution in [2.24, 2.45) is 5.10 Å². The molecule has 0 saturated carbocycles. The van der Waals surface area contributed by atoms with E-state index in [-0.39, 0.29) is 132 Å². The largest absolute Gasteiger partial charge is 1.00 e. The van der Waals surface area contributed by atoms with Crippen LogP contribution in [-0.4, -0.2) is 69.0 Å². The molecule has 0 saturated heterocycles. The van der Waals surface area contributed by atoms with Crippen LogP contribution in [0.25, 0.3) is 32.3 Å². The van der Waals surface area contributed by atoms with Gasteiger partial charge in [-0.3, -0.25) is 9.59 Å². The van der Waals surface area contributed by atoms with Crippen LogP contribution in [0.4, 0.5) is 0 Å². The zero-order valence-corrected chi connectivity index (χ0v) is 35.7. The molecule has 0 aliphatic heterocycles. The second kappa shape index (κ2) is 17.1. The van der Waals surface area contributed by atoms with E-state index in [1.165, 1.54) is 31.3 Å². The van der Waals surface area contributed by atoms with Crippen molar-refractivity contribution < 1.29 is 147 Å². The molecule has 15 nitrogen and oxygen atoms in total. The van der Waals surface area contributed by atoms with E-state index in [9.17, 15) is 48.5 Å². The zero-order chi connectivity index (χ0) is 34.5. The molecule has 0 bridgehead atoms. The molecule has 5 aromatic carbocycles. The number of hydrogen-bond donors (Lipinski definition) is 1. The first-order valence-corrected chi connectivity index (χ1v) is 17.6. The average Bonchev–Trinajstić information content (AvgIpc) is 2.97. The average molecular weight is 791 g/mol. The van der Waals surface area contributed by atoms with Crippen molar-refractivity contribution >= 4 is 92.4 Å². The molecule has 50 heavy (non-hydrogen) atoms. The van der Waals surface area contributed by atoms with Gasteiger partial charge in [-0.1, -0.05) is 30.3 Å². The van der Waals surface area contributed by atoms with Crippen molar-refractivity contribution in [2.75, 3.05) is 6.61 Å². The maximum absolute atomic E-state index is 12.5. The number of nitrogens with zero attached hydrogens (tertiary/aromatic N) is 1. The van der Waals surface area contributed by atoms with Gasteiger partial charge in [0, 0.05) is 32.3 Å². The van der Waals surface area contributed by atoms with Crippen LogP contribution in [0.1, 0.15) is 12.5 Å². The molecule has 0 fully saturated rings. The molecule has 1 amide bonds. The van der Waals surface area contributed by atoms with Crippen molar-refractivity contribution in [3.05, 3.63) is 66.2 Å². The molecule has 0 unspecified atom stereocenters. The van der Waals surface area contributed by atoms with Crippen molar-refractivity contribution in [1.29, 1.82) is 0 Å². The Kier molecular flexibility index (Phi) is 15.3. The fourth-order valence-electron chi connectivity index (χ4n) is 4.82. The molecule has 0 spiro atoms. The number of hydrogen-bond acceptors (Lipinski definition) is 14. The number of alkyl halides is 1. The van der Waals surface area contributed by atoms with Gasteiger partial charge < -0.3 is 23.1 Å². The first-order valence-electron chi connectivity index (χ1n) is 12.9. The maximum Gasteiger partial charge on any atom is 1.00 e. The Morgan fingerprint density at radius 1 is 0.780 bits per heavy atom. The number of esters is 1. The minimum atomic E-state index is -5.38. The summed E-state index contributed by atoms with van der Waals surface area (Å²) in [5.74, 6) is -1.75. The summed E-state index contributed by atoms with van der Waals surface area (Å²) >= 11 is 5.69. The number of halogens is 1. The number of benzene rings is 5. The number of carbonyl (C=O) groups is 2. The Morgan fingerprint density at radius 2 is 1.26 bits per heavy atom. The van der Waals surface area contributed by atoms with Crippen LogP contribution in [0.2, 0.25) is 0 Å². The fraction of sp³-hybridized carbons (Fsp3) is 0.107. The number of ether oxygens (including phenoxy) is 2. The molecule has 0 radical (unpaired) electrons. The maximum atomic E-state index is 12.5. The van der Waals surface area contributed by atoms with Gasteiger partial charge in [0.15, 0.2) is 6.61 Å². The molecule has 5 rings (SSSR count). The molecular weight excluding hydrogens is 773 g/mol. The molecule has 0 aliphatic carbocycles. The molecular formula is C28H18ClN2Na3O13S3. The number of carbonyl (C=O) groups excluding carboxylic acids is 2. The van der Waals surface area contributed by atoms with Crippen LogP contribution in [0, 0.1) is 0 Å². The molecule has 0 aromatic heterocycles. The van der Waals surface area contributed by atoms with Gasteiger partial charge in [0.25, 0.3) is 5.91 Å². The van der Waals surface area contributed by atoms with Gasteiger partial charge in [0.2, 0.25) is 0 Å². The van der Waals surface area contributed by atoms with Crippen molar-refractivity contribution in [3.8, 4) is 11.5 Å². The third-order valence-corrected chi connectivity index (χ3v) is 9.53. The summed E-state index contributed by atoms with van der Waals surface area (Å²) in [6.07, 6.45) is 1.21. The van der Waals surface area contributed by atoms with Crippen LogP contribution in [-0.2, 0) is 39.9 Å². The first-order chi connectivity index (χ1) is 21.9. The van der Waals surface area contributed by atoms with Crippen molar-refractivity contribution in [2.45, 2.75) is 27.0 Å². The van der Waals surface area contributed by atoms with E-state index < -0.39 is 68.9 Å². The minimum Gasteiger partial charge on any atom is -0.744 e. The standard InChI is InChI=1S/C28H21ClN2O13S3.3Na/c1-14(29)28(33)44-16-4-2-3-15(9-16)12-30-31-25(32)13-43-21-10-22(45(34,35)36)18-7-8-20-24(47(40,41)42)11-23(46(37,38)39)19-6-5-17(21)26(18)27(19)20;;;/h2-12,14H,13H2,1H3,(H,31,32)(H,34,35,36)(H,37,38,39)(H,40,41,42);;;/q;3*+1/p-3/b30-12-;;;/t14-;;;/m1.../s1. The zero-order valence-electron chi connectivity index (χ0n) is 26.5. The summed E-state index contributed by atoms with van der Waals surface area (Å²) in [7, 11) is -16.0. The SMILES string of the molecule is C[C@@H](Cl)C(=O)Oc1cccc(/C=N\NC(=O)COc2cc(S(=O)(=O)[O-])c3ccc4c(S(=O)(=O)[O-])cc(S(=O)(=O)[O-])c5ccc2c3c54)c1.[Na+].[Na+].[Na+]. The first kappa shape index (κ1) is 44.7. The third-order valence-electron chi connectivity index (χ3n) is 6.72. The van der Waals surface area contributed by atoms with E-state index in [1.54, 1.807) is 12.1 Å². The topological polar surface area (TPSA) is 249 Å². The number of amides is 1. The van der Waals surface area contributed by atoms with Crippen LogP contribution in [0.5, 0.6) is 11.5 Å². The van der Waals surface area contributed by atoms with Crippen molar-refractivity contribution in [1.82, 2.24) is 5.43 Å². The molecule has 246 valence electrons. The van der Waals surface area contributed by atoms with Gasteiger partial charge in [-0.05, 0) is 42.8 Å². The van der Waals surface area contributed by atoms with Gasteiger partial charge in [-0.15, -0.1) is 11.6 Å². The molecule has 1 N–H and O–H groups in total. The summed E-state index contributed by atoms with van der Waals surface area (Å²) in [4.78, 5) is 21.2. The van der Waals surface area contributed by atoms with Crippen LogP contribution in [0.15, 0.2) is 80.5 Å². The Morgan fingerprint density at radius 3 is 1.76 bits per heavy atom. The fourth-order valence-corrected chi connectivity index (χ4v) is 7.03. The summed E-state index contributed by atoms with van der Waals surface area (Å²) in [5, 5.41) is 1.33. The Balaban J connectivity index is 0.00000289. The third kappa shape index (κ3) is 9.75. The summed E-state index contributed by atoms with van der Waals surface area (Å²) < 4.78 is 120. The van der Waals surface area contributed by atoms with Crippen molar-refractivity contribution in [3.63, 3.8) is 0 Å². The smallest absolute Gasteiger partial charge is 0.744 e. The Bertz CT molecular complexity index is 2430.